The molecule has 0 unspecified atom stereocenters. The van der Waals surface area contributed by atoms with E-state index in [1.807, 2.05) is 0 Å². The Morgan fingerprint density at radius 1 is 1.32 bits per heavy atom. The molecule has 1 heterocycles. The summed E-state index contributed by atoms with van der Waals surface area (Å²) < 4.78 is 18.9. The first-order valence-corrected chi connectivity index (χ1v) is 6.98. The lowest BCUT2D eigenvalue weighted by molar-refractivity contribution is 0.0958. The molecular formula is C13H9Cl3FN3O2. The van der Waals surface area contributed by atoms with Crippen molar-refractivity contribution in [2.45, 2.75) is 0 Å². The Balaban J connectivity index is 2.52. The van der Waals surface area contributed by atoms with Gasteiger partial charge < -0.3 is 15.8 Å². The fraction of sp³-hybridized carbons (Fsp3) is 0.0769. The molecule has 2 rings (SSSR count). The zero-order valence-corrected chi connectivity index (χ0v) is 13.4. The van der Waals surface area contributed by atoms with Crippen LogP contribution in [0, 0.1) is 5.82 Å². The van der Waals surface area contributed by atoms with E-state index in [-0.39, 0.29) is 38.1 Å². The van der Waals surface area contributed by atoms with E-state index in [1.54, 1.807) is 0 Å². The summed E-state index contributed by atoms with van der Waals surface area (Å²) in [7, 11) is 1.40. The highest BCUT2D eigenvalue weighted by Crippen LogP contribution is 2.41. The van der Waals surface area contributed by atoms with Gasteiger partial charge >= 0.3 is 0 Å². The Hall–Kier alpha value is -1.76. The van der Waals surface area contributed by atoms with Gasteiger partial charge in [0.15, 0.2) is 16.6 Å². The van der Waals surface area contributed by atoms with Crippen LogP contribution in [-0.4, -0.2) is 17.9 Å². The normalized spacial score (nSPS) is 10.4. The molecule has 0 aliphatic rings. The van der Waals surface area contributed by atoms with Crippen molar-refractivity contribution in [1.29, 1.82) is 0 Å². The molecule has 1 aromatic heterocycles. The third kappa shape index (κ3) is 3.19. The number of pyridine rings is 1. The number of nitrogens with two attached hydrogens (primary N) is 1. The van der Waals surface area contributed by atoms with Crippen molar-refractivity contribution in [2.75, 3.05) is 12.8 Å². The second kappa shape index (κ2) is 6.56. The molecule has 0 aliphatic carbocycles. The Morgan fingerprint density at radius 3 is 2.59 bits per heavy atom. The number of rotatable bonds is 3. The first-order chi connectivity index (χ1) is 10.3. The maximum absolute atomic E-state index is 13.5. The van der Waals surface area contributed by atoms with Gasteiger partial charge in [-0.25, -0.2) is 9.37 Å². The number of anilines is 1. The van der Waals surface area contributed by atoms with Crippen molar-refractivity contribution in [3.63, 3.8) is 0 Å². The fourth-order valence-corrected chi connectivity index (χ4v) is 2.20. The van der Waals surface area contributed by atoms with Crippen LogP contribution in [0.4, 0.5) is 10.1 Å². The van der Waals surface area contributed by atoms with Crippen molar-refractivity contribution in [2.24, 2.45) is 0 Å². The monoisotopic (exact) mass is 363 g/mol. The lowest BCUT2D eigenvalue weighted by Crippen LogP contribution is -2.20. The van der Waals surface area contributed by atoms with Gasteiger partial charge in [0.2, 0.25) is 0 Å². The van der Waals surface area contributed by atoms with Crippen LogP contribution in [0.1, 0.15) is 10.5 Å². The Morgan fingerprint density at radius 2 is 2.00 bits per heavy atom. The van der Waals surface area contributed by atoms with Crippen molar-refractivity contribution in [3.8, 4) is 11.5 Å². The summed E-state index contributed by atoms with van der Waals surface area (Å²) in [6.07, 6.45) is 0. The summed E-state index contributed by atoms with van der Waals surface area (Å²) in [6, 6.07) is 3.78. The number of aromatic nitrogens is 1. The van der Waals surface area contributed by atoms with Crippen LogP contribution >= 0.6 is 34.8 Å². The molecule has 0 saturated carbocycles. The van der Waals surface area contributed by atoms with Crippen molar-refractivity contribution >= 4 is 46.4 Å². The highest BCUT2D eigenvalue weighted by Gasteiger charge is 2.22. The summed E-state index contributed by atoms with van der Waals surface area (Å²) >= 11 is 17.9. The topological polar surface area (TPSA) is 77.2 Å². The fourth-order valence-electron chi connectivity index (χ4n) is 1.54. The van der Waals surface area contributed by atoms with E-state index < -0.39 is 11.7 Å². The van der Waals surface area contributed by atoms with Crippen LogP contribution in [0.25, 0.3) is 0 Å². The molecule has 1 amide bonds. The average Bonchev–Trinajstić information content (AvgIpc) is 2.50. The predicted molar refractivity (Wildman–Crippen MR) is 83.5 cm³/mol. The number of benzene rings is 1. The molecule has 0 spiro atoms. The minimum Gasteiger partial charge on any atom is -0.454 e. The van der Waals surface area contributed by atoms with E-state index in [1.165, 1.54) is 19.2 Å². The SMILES string of the molecule is CNC(=O)c1nc(Cl)c(Cl)c(Oc2ccc(N)c(F)c2)c1Cl. The summed E-state index contributed by atoms with van der Waals surface area (Å²) in [5.74, 6) is -1.26. The Labute approximate surface area is 140 Å². The number of nitrogens with one attached hydrogen (secondary N) is 1. The number of ether oxygens (including phenoxy) is 1. The minimum atomic E-state index is -0.670. The Bertz CT molecular complexity index is 756. The van der Waals surface area contributed by atoms with Gasteiger partial charge in [-0.15, -0.1) is 0 Å². The van der Waals surface area contributed by atoms with E-state index in [2.05, 4.69) is 10.3 Å². The lowest BCUT2D eigenvalue weighted by Gasteiger charge is -2.13. The molecule has 116 valence electrons. The van der Waals surface area contributed by atoms with E-state index in [4.69, 9.17) is 45.3 Å². The number of nitrogens with zero attached hydrogens (tertiary/aromatic N) is 1. The Kier molecular flexibility index (Phi) is 4.95. The molecule has 0 atom stereocenters. The number of hydrogen-bond acceptors (Lipinski definition) is 4. The standard InChI is InChI=1S/C13H9Cl3FN3O2/c1-19-13(21)10-8(14)11(9(15)12(16)20-10)22-5-2-3-7(18)6(17)4-5/h2-4H,18H2,1H3,(H,19,21). The quantitative estimate of drug-likeness (QED) is 0.639. The van der Waals surface area contributed by atoms with Crippen LogP contribution in [0.5, 0.6) is 11.5 Å². The van der Waals surface area contributed by atoms with Gasteiger partial charge in [-0.1, -0.05) is 34.8 Å². The van der Waals surface area contributed by atoms with Gasteiger partial charge in [-0.05, 0) is 12.1 Å². The largest absolute Gasteiger partial charge is 0.454 e. The van der Waals surface area contributed by atoms with Crippen LogP contribution in [0.3, 0.4) is 0 Å². The number of nitrogen functional groups attached to an aromatic ring is 1. The number of carbonyl (C=O) groups is 1. The van der Waals surface area contributed by atoms with Crippen LogP contribution in [0.2, 0.25) is 15.2 Å². The first-order valence-electron chi connectivity index (χ1n) is 5.84. The van der Waals surface area contributed by atoms with Gasteiger partial charge in [0, 0.05) is 13.1 Å². The molecule has 1 aromatic carbocycles. The number of amides is 1. The minimum absolute atomic E-state index is 0.0386. The summed E-state index contributed by atoms with van der Waals surface area (Å²) in [6.45, 7) is 0. The molecule has 22 heavy (non-hydrogen) atoms. The van der Waals surface area contributed by atoms with Crippen molar-refractivity contribution in [3.05, 3.63) is 44.9 Å². The molecule has 5 nitrogen and oxygen atoms in total. The van der Waals surface area contributed by atoms with Crippen molar-refractivity contribution < 1.29 is 13.9 Å². The lowest BCUT2D eigenvalue weighted by atomic mass is 10.3. The van der Waals surface area contributed by atoms with Gasteiger partial charge in [0.1, 0.15) is 21.6 Å². The van der Waals surface area contributed by atoms with E-state index in [0.29, 0.717) is 0 Å². The second-order valence-corrected chi connectivity index (χ2v) is 5.19. The molecule has 3 N–H and O–H groups in total. The van der Waals surface area contributed by atoms with Crippen LogP contribution in [-0.2, 0) is 0 Å². The zero-order chi connectivity index (χ0) is 16.4. The van der Waals surface area contributed by atoms with Gasteiger partial charge in [0.25, 0.3) is 5.91 Å². The molecule has 2 aromatic rings. The molecular weight excluding hydrogens is 356 g/mol. The van der Waals surface area contributed by atoms with Crippen LogP contribution in [0.15, 0.2) is 18.2 Å². The second-order valence-electron chi connectivity index (χ2n) is 4.07. The van der Waals surface area contributed by atoms with E-state index in [9.17, 15) is 9.18 Å². The van der Waals surface area contributed by atoms with Gasteiger partial charge in [0.05, 0.1) is 5.69 Å². The highest BCUT2D eigenvalue weighted by atomic mass is 35.5. The number of hydrogen-bond donors (Lipinski definition) is 2. The molecule has 0 bridgehead atoms. The van der Waals surface area contributed by atoms with Crippen LogP contribution < -0.4 is 15.8 Å². The molecule has 0 saturated heterocycles. The highest BCUT2D eigenvalue weighted by molar-refractivity contribution is 6.44. The van der Waals surface area contributed by atoms with E-state index >= 15 is 0 Å². The predicted octanol–water partition coefficient (Wildman–Crippen LogP) is 3.92. The van der Waals surface area contributed by atoms with E-state index in [0.717, 1.165) is 6.07 Å². The van der Waals surface area contributed by atoms with Gasteiger partial charge in [-0.3, -0.25) is 4.79 Å². The maximum atomic E-state index is 13.5. The summed E-state index contributed by atoms with van der Waals surface area (Å²) in [5.41, 5.74) is 5.18. The smallest absolute Gasteiger partial charge is 0.271 e. The molecule has 0 radical (unpaired) electrons. The summed E-state index contributed by atoms with van der Waals surface area (Å²) in [5, 5.41) is 1.94. The number of halogens is 4. The first kappa shape index (κ1) is 16.6. The maximum Gasteiger partial charge on any atom is 0.271 e. The average molecular weight is 365 g/mol. The molecule has 0 aliphatic heterocycles. The zero-order valence-electron chi connectivity index (χ0n) is 11.1. The van der Waals surface area contributed by atoms with Gasteiger partial charge in [-0.2, -0.15) is 0 Å². The van der Waals surface area contributed by atoms with Crippen molar-refractivity contribution in [1.82, 2.24) is 10.3 Å². The molecule has 0 fully saturated rings. The third-order valence-corrected chi connectivity index (χ3v) is 3.70. The molecule has 9 heteroatoms. The third-order valence-electron chi connectivity index (χ3n) is 2.63. The number of carbonyl (C=O) groups excluding carboxylic acids is 1. The summed E-state index contributed by atoms with van der Waals surface area (Å²) in [4.78, 5) is 15.5.